The first-order chi connectivity index (χ1) is 7.83. The average Bonchev–Trinajstić information content (AvgIpc) is 2.37. The molecule has 100 valence electrons. The molecule has 0 aliphatic carbocycles. The number of carbonyl (C=O) groups is 1. The molecule has 0 radical (unpaired) electrons. The second-order valence-corrected chi connectivity index (χ2v) is 6.04. The average molecular weight is 242 g/mol. The molecule has 1 fully saturated rings. The third-order valence-electron chi connectivity index (χ3n) is 3.27. The van der Waals surface area contributed by atoms with Gasteiger partial charge in [-0.3, -0.25) is 0 Å². The fourth-order valence-electron chi connectivity index (χ4n) is 2.26. The van der Waals surface area contributed by atoms with Crippen molar-refractivity contribution in [3.63, 3.8) is 0 Å². The Kier molecular flexibility index (Phi) is 4.80. The number of likely N-dealkylation sites (tertiary alicyclic amines) is 1. The lowest BCUT2D eigenvalue weighted by Gasteiger charge is -2.28. The van der Waals surface area contributed by atoms with Gasteiger partial charge in [0.2, 0.25) is 0 Å². The molecule has 0 aromatic carbocycles. The van der Waals surface area contributed by atoms with Crippen LogP contribution in [-0.2, 0) is 4.74 Å². The van der Waals surface area contributed by atoms with Gasteiger partial charge in [0.05, 0.1) is 0 Å². The van der Waals surface area contributed by atoms with Gasteiger partial charge >= 0.3 is 6.09 Å². The molecule has 4 heteroatoms. The summed E-state index contributed by atoms with van der Waals surface area (Å²) in [4.78, 5) is 13.8. The van der Waals surface area contributed by atoms with Gasteiger partial charge in [0, 0.05) is 13.1 Å². The van der Waals surface area contributed by atoms with Gasteiger partial charge in [-0.1, -0.05) is 6.92 Å². The van der Waals surface area contributed by atoms with E-state index in [9.17, 15) is 4.79 Å². The molecule has 1 rings (SSSR count). The van der Waals surface area contributed by atoms with Crippen molar-refractivity contribution >= 4 is 6.09 Å². The van der Waals surface area contributed by atoms with Crippen LogP contribution in [-0.4, -0.2) is 36.2 Å². The Morgan fingerprint density at radius 1 is 1.47 bits per heavy atom. The molecule has 1 saturated heterocycles. The van der Waals surface area contributed by atoms with Crippen molar-refractivity contribution in [3.8, 4) is 0 Å². The summed E-state index contributed by atoms with van der Waals surface area (Å²) in [6.07, 6.45) is 1.93. The highest BCUT2D eigenvalue weighted by Crippen LogP contribution is 2.23. The number of carbonyl (C=O) groups excluding carboxylic acids is 1. The Hall–Kier alpha value is -0.770. The van der Waals surface area contributed by atoms with Crippen LogP contribution in [0.3, 0.4) is 0 Å². The van der Waals surface area contributed by atoms with Crippen LogP contribution >= 0.6 is 0 Å². The summed E-state index contributed by atoms with van der Waals surface area (Å²) in [5.41, 5.74) is 5.33. The molecule has 1 aliphatic rings. The third kappa shape index (κ3) is 4.54. The Balaban J connectivity index is 2.57. The molecule has 0 saturated carbocycles. The van der Waals surface area contributed by atoms with Crippen molar-refractivity contribution in [3.05, 3.63) is 0 Å². The molecule has 1 aliphatic heterocycles. The van der Waals surface area contributed by atoms with Gasteiger partial charge in [-0.05, 0) is 52.0 Å². The second-order valence-electron chi connectivity index (χ2n) is 6.04. The maximum absolute atomic E-state index is 12.0. The van der Waals surface area contributed by atoms with Gasteiger partial charge in [0.25, 0.3) is 0 Å². The van der Waals surface area contributed by atoms with Crippen molar-refractivity contribution in [2.75, 3.05) is 19.6 Å². The number of nitrogens with two attached hydrogens (primary N) is 1. The molecular formula is C13H26N2O2. The Labute approximate surface area is 104 Å². The summed E-state index contributed by atoms with van der Waals surface area (Å²) in [6, 6.07) is 0. The van der Waals surface area contributed by atoms with E-state index < -0.39 is 5.60 Å². The van der Waals surface area contributed by atoms with E-state index in [1.54, 1.807) is 0 Å². The number of ether oxygens (including phenoxy) is 1. The first kappa shape index (κ1) is 14.3. The highest BCUT2D eigenvalue weighted by atomic mass is 16.6. The quantitative estimate of drug-likeness (QED) is 0.767. The van der Waals surface area contributed by atoms with E-state index in [-0.39, 0.29) is 6.09 Å². The van der Waals surface area contributed by atoms with E-state index in [1.165, 1.54) is 0 Å². The van der Waals surface area contributed by atoms with E-state index in [0.29, 0.717) is 18.4 Å². The van der Waals surface area contributed by atoms with Crippen LogP contribution in [0, 0.1) is 11.8 Å². The van der Waals surface area contributed by atoms with E-state index in [2.05, 4.69) is 6.92 Å². The lowest BCUT2D eigenvalue weighted by Crippen LogP contribution is -2.39. The number of nitrogens with zero attached hydrogens (tertiary/aromatic N) is 1. The van der Waals surface area contributed by atoms with Crippen molar-refractivity contribution in [2.24, 2.45) is 17.6 Å². The molecule has 1 amide bonds. The van der Waals surface area contributed by atoms with E-state index >= 15 is 0 Å². The summed E-state index contributed by atoms with van der Waals surface area (Å²) in [5, 5.41) is 0. The van der Waals surface area contributed by atoms with Gasteiger partial charge in [-0.25, -0.2) is 4.79 Å². The van der Waals surface area contributed by atoms with Gasteiger partial charge < -0.3 is 15.4 Å². The van der Waals surface area contributed by atoms with Gasteiger partial charge in [0.1, 0.15) is 5.60 Å². The minimum absolute atomic E-state index is 0.193. The monoisotopic (exact) mass is 242 g/mol. The molecule has 0 aromatic heterocycles. The molecule has 4 nitrogen and oxygen atoms in total. The normalized spacial score (nSPS) is 26.5. The largest absolute Gasteiger partial charge is 0.444 e. The van der Waals surface area contributed by atoms with Crippen LogP contribution in [0.15, 0.2) is 0 Å². The summed E-state index contributed by atoms with van der Waals surface area (Å²) in [7, 11) is 0. The number of amides is 1. The third-order valence-corrected chi connectivity index (χ3v) is 3.27. The summed E-state index contributed by atoms with van der Waals surface area (Å²) >= 11 is 0. The Morgan fingerprint density at radius 2 is 2.12 bits per heavy atom. The van der Waals surface area contributed by atoms with Crippen LogP contribution < -0.4 is 5.73 Å². The van der Waals surface area contributed by atoms with Crippen molar-refractivity contribution in [2.45, 2.75) is 46.1 Å². The molecule has 2 unspecified atom stereocenters. The van der Waals surface area contributed by atoms with Gasteiger partial charge in [-0.15, -0.1) is 0 Å². The van der Waals surface area contributed by atoms with Gasteiger partial charge in [0.15, 0.2) is 0 Å². The van der Waals surface area contributed by atoms with Crippen molar-refractivity contribution < 1.29 is 9.53 Å². The predicted molar refractivity (Wildman–Crippen MR) is 68.7 cm³/mol. The van der Waals surface area contributed by atoms with Crippen molar-refractivity contribution in [1.82, 2.24) is 4.90 Å². The molecular weight excluding hydrogens is 216 g/mol. The minimum Gasteiger partial charge on any atom is -0.444 e. The first-order valence-electron chi connectivity index (χ1n) is 6.51. The molecule has 0 spiro atoms. The van der Waals surface area contributed by atoms with Crippen LogP contribution in [0.5, 0.6) is 0 Å². The summed E-state index contributed by atoms with van der Waals surface area (Å²) < 4.78 is 5.41. The van der Waals surface area contributed by atoms with Crippen LogP contribution in [0.2, 0.25) is 0 Å². The zero-order valence-electron chi connectivity index (χ0n) is 11.5. The number of rotatable bonds is 1. The van der Waals surface area contributed by atoms with Crippen molar-refractivity contribution in [1.29, 1.82) is 0 Å². The topological polar surface area (TPSA) is 55.6 Å². The Morgan fingerprint density at radius 3 is 2.65 bits per heavy atom. The lowest BCUT2D eigenvalue weighted by molar-refractivity contribution is 0.0232. The summed E-state index contributed by atoms with van der Waals surface area (Å²) in [5.74, 6) is 0.984. The van der Waals surface area contributed by atoms with E-state index in [1.807, 2.05) is 25.7 Å². The van der Waals surface area contributed by atoms with E-state index in [4.69, 9.17) is 10.5 Å². The predicted octanol–water partition coefficient (Wildman–Crippen LogP) is 2.23. The SMILES string of the molecule is CC1CN(C(=O)OC(C)(C)C)CCCC1CN. The van der Waals surface area contributed by atoms with Crippen LogP contribution in [0.1, 0.15) is 40.5 Å². The molecule has 0 aromatic rings. The van der Waals surface area contributed by atoms with Crippen LogP contribution in [0.4, 0.5) is 4.79 Å². The zero-order valence-corrected chi connectivity index (χ0v) is 11.5. The maximum atomic E-state index is 12.0. The molecule has 2 atom stereocenters. The molecule has 17 heavy (non-hydrogen) atoms. The Bertz CT molecular complexity index is 261. The highest BCUT2D eigenvalue weighted by Gasteiger charge is 2.28. The van der Waals surface area contributed by atoms with Gasteiger partial charge in [-0.2, -0.15) is 0 Å². The summed E-state index contributed by atoms with van der Waals surface area (Å²) in [6.45, 7) is 10.1. The zero-order chi connectivity index (χ0) is 13.1. The standard InChI is InChI=1S/C13H26N2O2/c1-10-9-15(7-5-6-11(10)8-14)12(16)17-13(2,3)4/h10-11H,5-9,14H2,1-4H3. The highest BCUT2D eigenvalue weighted by molar-refractivity contribution is 5.68. The molecule has 2 N–H and O–H groups in total. The van der Waals surface area contributed by atoms with E-state index in [0.717, 1.165) is 25.9 Å². The maximum Gasteiger partial charge on any atom is 0.410 e. The second kappa shape index (κ2) is 5.71. The lowest BCUT2D eigenvalue weighted by atomic mass is 9.91. The number of hydrogen-bond donors (Lipinski definition) is 1. The molecule has 0 bridgehead atoms. The first-order valence-corrected chi connectivity index (χ1v) is 6.51. The number of hydrogen-bond acceptors (Lipinski definition) is 3. The van der Waals surface area contributed by atoms with Crippen LogP contribution in [0.25, 0.3) is 0 Å². The fraction of sp³-hybridized carbons (Fsp3) is 0.923. The minimum atomic E-state index is -0.417. The smallest absolute Gasteiger partial charge is 0.410 e. The fourth-order valence-corrected chi connectivity index (χ4v) is 2.26. The molecule has 1 heterocycles.